The van der Waals surface area contributed by atoms with Gasteiger partial charge in [-0.2, -0.15) is 16.4 Å². The molecule has 0 radical (unpaired) electrons. The number of aryl methyl sites for hydroxylation is 1. The number of nitrogens with one attached hydrogen (secondary N) is 2. The van der Waals surface area contributed by atoms with Gasteiger partial charge in [-0.25, -0.2) is 14.3 Å². The lowest BCUT2D eigenvalue weighted by Gasteiger charge is -2.11. The van der Waals surface area contributed by atoms with Gasteiger partial charge in [0.25, 0.3) is 0 Å². The molecule has 0 saturated carbocycles. The molecule has 0 aliphatic rings. The lowest BCUT2D eigenvalue weighted by atomic mass is 10.0. The lowest BCUT2D eigenvalue weighted by molar-refractivity contribution is 0.462. The van der Waals surface area contributed by atoms with Gasteiger partial charge in [-0.15, -0.1) is 0 Å². The molecule has 5 aromatic rings. The van der Waals surface area contributed by atoms with Crippen molar-refractivity contribution in [3.05, 3.63) is 80.8 Å². The highest BCUT2D eigenvalue weighted by molar-refractivity contribution is 7.08. The first kappa shape index (κ1) is 17.0. The van der Waals surface area contributed by atoms with Crippen LogP contribution in [0.25, 0.3) is 27.7 Å². The molecule has 0 fully saturated rings. The van der Waals surface area contributed by atoms with E-state index >= 15 is 0 Å². The normalized spacial score (nSPS) is 11.6. The molecular weight excluding hydrogens is 372 g/mol. The third kappa shape index (κ3) is 2.94. The van der Waals surface area contributed by atoms with Crippen LogP contribution in [0.3, 0.4) is 0 Å². The quantitative estimate of drug-likeness (QED) is 0.474. The van der Waals surface area contributed by atoms with Gasteiger partial charge in [0.1, 0.15) is 11.5 Å². The number of H-pyrrole nitrogens is 1. The van der Waals surface area contributed by atoms with E-state index in [1.807, 2.05) is 25.1 Å². The minimum Gasteiger partial charge on any atom is -0.465 e. The fourth-order valence-corrected chi connectivity index (χ4v) is 4.18. The molecule has 0 saturated heterocycles. The van der Waals surface area contributed by atoms with Crippen molar-refractivity contribution in [1.29, 1.82) is 0 Å². The van der Waals surface area contributed by atoms with Gasteiger partial charge in [0, 0.05) is 11.9 Å². The molecule has 0 unspecified atom stereocenters. The number of benzene rings is 1. The van der Waals surface area contributed by atoms with Gasteiger partial charge in [0.15, 0.2) is 5.65 Å². The number of aromatic amines is 1. The lowest BCUT2D eigenvalue weighted by Crippen LogP contribution is -2.14. The van der Waals surface area contributed by atoms with Crippen LogP contribution in [0.5, 0.6) is 0 Å². The van der Waals surface area contributed by atoms with Crippen molar-refractivity contribution in [1.82, 2.24) is 19.9 Å². The van der Waals surface area contributed by atoms with Crippen LogP contribution in [0, 0.1) is 6.92 Å². The Morgan fingerprint density at radius 3 is 2.86 bits per heavy atom. The summed E-state index contributed by atoms with van der Waals surface area (Å²) in [6.07, 6.45) is 0. The Hall–Kier alpha value is -3.16. The maximum absolute atomic E-state index is 12.3. The van der Waals surface area contributed by atoms with E-state index in [-0.39, 0.29) is 5.69 Å². The summed E-state index contributed by atoms with van der Waals surface area (Å²) in [4.78, 5) is 12.3. The largest absolute Gasteiger partial charge is 0.465 e. The molecule has 0 spiro atoms. The summed E-state index contributed by atoms with van der Waals surface area (Å²) in [7, 11) is 0. The molecule has 140 valence electrons. The zero-order chi connectivity index (χ0) is 19.1. The van der Waals surface area contributed by atoms with Gasteiger partial charge in [-0.1, -0.05) is 12.1 Å². The molecule has 4 heterocycles. The van der Waals surface area contributed by atoms with Gasteiger partial charge in [-0.3, -0.25) is 0 Å². The number of hydrogen-bond acceptors (Lipinski definition) is 5. The maximum Gasteiger partial charge on any atom is 0.348 e. The van der Waals surface area contributed by atoms with Gasteiger partial charge in [0.05, 0.1) is 12.1 Å². The van der Waals surface area contributed by atoms with E-state index in [4.69, 9.17) is 4.42 Å². The summed E-state index contributed by atoms with van der Waals surface area (Å²) in [6, 6.07) is 14.2. The Morgan fingerprint density at radius 2 is 2.07 bits per heavy atom. The second-order valence-corrected chi connectivity index (χ2v) is 7.53. The highest BCUT2D eigenvalue weighted by Crippen LogP contribution is 2.28. The van der Waals surface area contributed by atoms with Gasteiger partial charge < -0.3 is 9.73 Å². The van der Waals surface area contributed by atoms with Crippen molar-refractivity contribution in [2.24, 2.45) is 0 Å². The number of fused-ring (bicyclic) bond motifs is 3. The predicted octanol–water partition coefficient (Wildman–Crippen LogP) is 4.10. The number of nitrogens with zero attached hydrogens (tertiary/aromatic N) is 2. The monoisotopic (exact) mass is 390 g/mol. The van der Waals surface area contributed by atoms with E-state index in [2.05, 4.69) is 50.5 Å². The van der Waals surface area contributed by atoms with Crippen molar-refractivity contribution in [2.45, 2.75) is 20.0 Å². The molecular formula is C21H18N4O2S. The third-order valence-electron chi connectivity index (χ3n) is 4.85. The summed E-state index contributed by atoms with van der Waals surface area (Å²) in [6.45, 7) is 3.22. The van der Waals surface area contributed by atoms with Crippen LogP contribution in [0.2, 0.25) is 0 Å². The Balaban J connectivity index is 1.57. The second kappa shape index (κ2) is 6.78. The molecule has 0 bridgehead atoms. The minimum absolute atomic E-state index is 0.229. The molecule has 2 N–H and O–H groups in total. The zero-order valence-electron chi connectivity index (χ0n) is 15.2. The Labute approximate surface area is 164 Å². The first-order chi connectivity index (χ1) is 13.7. The van der Waals surface area contributed by atoms with E-state index in [0.29, 0.717) is 18.7 Å². The number of pyridine rings is 1. The van der Waals surface area contributed by atoms with Gasteiger partial charge >= 0.3 is 5.69 Å². The molecule has 0 aliphatic heterocycles. The fourth-order valence-electron chi connectivity index (χ4n) is 3.52. The van der Waals surface area contributed by atoms with E-state index < -0.39 is 0 Å². The molecule has 28 heavy (non-hydrogen) atoms. The topological polar surface area (TPSA) is 75.3 Å². The fraction of sp³-hybridized carbons (Fsp3) is 0.143. The van der Waals surface area contributed by atoms with Crippen molar-refractivity contribution in [3.63, 3.8) is 0 Å². The minimum atomic E-state index is -0.229. The van der Waals surface area contributed by atoms with Crippen LogP contribution in [0.4, 0.5) is 0 Å². The number of aromatic nitrogens is 3. The van der Waals surface area contributed by atoms with Crippen LogP contribution in [0.1, 0.15) is 17.1 Å². The van der Waals surface area contributed by atoms with Crippen LogP contribution in [-0.2, 0) is 13.1 Å². The van der Waals surface area contributed by atoms with E-state index in [1.54, 1.807) is 15.7 Å². The van der Waals surface area contributed by atoms with E-state index in [9.17, 15) is 4.79 Å². The SMILES string of the molecule is Cc1ccc(CNCc2cc3n[nH]c(=O)n3c3cc(-c4ccsc4)ccc23)o1. The smallest absolute Gasteiger partial charge is 0.348 e. The summed E-state index contributed by atoms with van der Waals surface area (Å²) >= 11 is 1.66. The molecule has 0 atom stereocenters. The Kier molecular flexibility index (Phi) is 4.11. The number of furan rings is 1. The van der Waals surface area contributed by atoms with E-state index in [1.165, 1.54) is 0 Å². The molecule has 0 amide bonds. The molecule has 6 nitrogen and oxygen atoms in total. The summed E-state index contributed by atoms with van der Waals surface area (Å²) < 4.78 is 7.24. The van der Waals surface area contributed by atoms with Crippen molar-refractivity contribution < 1.29 is 4.42 Å². The van der Waals surface area contributed by atoms with Crippen molar-refractivity contribution in [2.75, 3.05) is 0 Å². The maximum atomic E-state index is 12.3. The average Bonchev–Trinajstić information content (AvgIpc) is 3.44. The van der Waals surface area contributed by atoms with Crippen LogP contribution in [0.15, 0.2) is 62.4 Å². The standard InChI is InChI=1S/C21H18N4O2S/c1-13-2-4-17(27-13)11-22-10-16-9-20-23-24-21(26)25(20)19-8-14(3-5-18(16)19)15-6-7-28-12-15/h2-9,12,22H,10-11H2,1H3,(H,24,26). The van der Waals surface area contributed by atoms with Gasteiger partial charge in [-0.05, 0) is 64.7 Å². The predicted molar refractivity (Wildman–Crippen MR) is 111 cm³/mol. The summed E-state index contributed by atoms with van der Waals surface area (Å²) in [5.41, 5.74) is 4.55. The molecule has 0 aliphatic carbocycles. The van der Waals surface area contributed by atoms with E-state index in [0.717, 1.165) is 39.1 Å². The number of thiophene rings is 1. The third-order valence-corrected chi connectivity index (χ3v) is 5.53. The van der Waals surface area contributed by atoms with Crippen molar-refractivity contribution >= 4 is 27.9 Å². The number of rotatable bonds is 5. The zero-order valence-corrected chi connectivity index (χ0v) is 16.0. The van der Waals surface area contributed by atoms with Crippen LogP contribution >= 0.6 is 11.3 Å². The Bertz CT molecular complexity index is 1330. The number of hydrogen-bond donors (Lipinski definition) is 2. The Morgan fingerprint density at radius 1 is 1.14 bits per heavy atom. The second-order valence-electron chi connectivity index (χ2n) is 6.75. The molecule has 4 aromatic heterocycles. The average molecular weight is 390 g/mol. The molecule has 7 heteroatoms. The first-order valence-corrected chi connectivity index (χ1v) is 9.95. The van der Waals surface area contributed by atoms with Crippen molar-refractivity contribution in [3.8, 4) is 11.1 Å². The van der Waals surface area contributed by atoms with Gasteiger partial charge in [0.2, 0.25) is 0 Å². The van der Waals surface area contributed by atoms with Crippen LogP contribution in [-0.4, -0.2) is 14.6 Å². The highest BCUT2D eigenvalue weighted by atomic mass is 32.1. The summed E-state index contributed by atoms with van der Waals surface area (Å²) in [5.74, 6) is 1.80. The molecule has 5 rings (SSSR count). The summed E-state index contributed by atoms with van der Waals surface area (Å²) in [5, 5.41) is 15.3. The molecule has 1 aromatic carbocycles. The van der Waals surface area contributed by atoms with Crippen LogP contribution < -0.4 is 11.0 Å². The highest BCUT2D eigenvalue weighted by Gasteiger charge is 2.12. The first-order valence-electron chi connectivity index (χ1n) is 9.00.